The normalized spacial score (nSPS) is 9.18. The molecule has 0 aromatic carbocycles. The average molecular weight is 168 g/mol. The Balaban J connectivity index is 3.40. The Bertz CT molecular complexity index is 304. The van der Waals surface area contributed by atoms with Crippen LogP contribution in [0.1, 0.15) is 11.3 Å². The third-order valence-electron chi connectivity index (χ3n) is 1.25. The minimum atomic E-state index is 0.171. The SMILES string of the molecule is Cc1cc(N)c(C#N)c(Cl)n1. The van der Waals surface area contributed by atoms with E-state index in [0.29, 0.717) is 11.4 Å². The van der Waals surface area contributed by atoms with Gasteiger partial charge in [0.15, 0.2) is 0 Å². The number of pyridine rings is 1. The van der Waals surface area contributed by atoms with Crippen molar-refractivity contribution in [2.75, 3.05) is 5.73 Å². The molecule has 0 bridgehead atoms. The van der Waals surface area contributed by atoms with Gasteiger partial charge in [0, 0.05) is 5.69 Å². The maximum Gasteiger partial charge on any atom is 0.149 e. The zero-order valence-electron chi connectivity index (χ0n) is 5.93. The van der Waals surface area contributed by atoms with Crippen LogP contribution in [-0.4, -0.2) is 4.98 Å². The largest absolute Gasteiger partial charge is 0.398 e. The van der Waals surface area contributed by atoms with Crippen LogP contribution in [0.15, 0.2) is 6.07 Å². The van der Waals surface area contributed by atoms with Gasteiger partial charge in [-0.05, 0) is 13.0 Å². The summed E-state index contributed by atoms with van der Waals surface area (Å²) in [6.07, 6.45) is 0. The summed E-state index contributed by atoms with van der Waals surface area (Å²) in [5.41, 5.74) is 6.83. The summed E-state index contributed by atoms with van der Waals surface area (Å²) in [7, 11) is 0. The van der Waals surface area contributed by atoms with Gasteiger partial charge in [-0.25, -0.2) is 4.98 Å². The van der Waals surface area contributed by atoms with Gasteiger partial charge < -0.3 is 5.73 Å². The van der Waals surface area contributed by atoms with Crippen LogP contribution in [-0.2, 0) is 0 Å². The number of aromatic nitrogens is 1. The highest BCUT2D eigenvalue weighted by Crippen LogP contribution is 2.19. The van der Waals surface area contributed by atoms with Crippen LogP contribution in [0.3, 0.4) is 0 Å². The summed E-state index contributed by atoms with van der Waals surface area (Å²) in [6.45, 7) is 1.77. The molecule has 1 rings (SSSR count). The molecule has 2 N–H and O–H groups in total. The monoisotopic (exact) mass is 167 g/mol. The van der Waals surface area contributed by atoms with Crippen molar-refractivity contribution in [3.05, 3.63) is 22.5 Å². The third-order valence-corrected chi connectivity index (χ3v) is 1.52. The number of hydrogen-bond donors (Lipinski definition) is 1. The lowest BCUT2D eigenvalue weighted by atomic mass is 10.2. The molecule has 0 amide bonds. The molecule has 0 saturated carbocycles. The van der Waals surface area contributed by atoms with Crippen molar-refractivity contribution in [2.24, 2.45) is 0 Å². The van der Waals surface area contributed by atoms with Gasteiger partial charge in [0.05, 0.1) is 5.69 Å². The Labute approximate surface area is 69.4 Å². The van der Waals surface area contributed by atoms with Crippen LogP contribution >= 0.6 is 11.6 Å². The maximum absolute atomic E-state index is 8.54. The van der Waals surface area contributed by atoms with Crippen molar-refractivity contribution in [1.82, 2.24) is 4.98 Å². The first-order valence-corrected chi connectivity index (χ1v) is 3.35. The molecule has 4 heteroatoms. The van der Waals surface area contributed by atoms with Crippen molar-refractivity contribution in [2.45, 2.75) is 6.92 Å². The number of nitrogens with two attached hydrogens (primary N) is 1. The highest BCUT2D eigenvalue weighted by Gasteiger charge is 2.05. The number of hydrogen-bond acceptors (Lipinski definition) is 3. The molecule has 0 saturated heterocycles. The van der Waals surface area contributed by atoms with Gasteiger partial charge in [0.1, 0.15) is 16.8 Å². The first-order chi connectivity index (χ1) is 5.15. The summed E-state index contributed by atoms with van der Waals surface area (Å²) in [4.78, 5) is 3.87. The van der Waals surface area contributed by atoms with E-state index >= 15 is 0 Å². The topological polar surface area (TPSA) is 62.7 Å². The molecule has 0 radical (unpaired) electrons. The van der Waals surface area contributed by atoms with E-state index in [-0.39, 0.29) is 10.7 Å². The van der Waals surface area contributed by atoms with Crippen molar-refractivity contribution in [3.8, 4) is 6.07 Å². The molecule has 0 fully saturated rings. The van der Waals surface area contributed by atoms with Crippen LogP contribution in [0.5, 0.6) is 0 Å². The number of anilines is 1. The summed E-state index contributed by atoms with van der Waals surface area (Å²) in [5.74, 6) is 0. The molecular weight excluding hydrogens is 162 g/mol. The molecule has 1 aromatic heterocycles. The minimum absolute atomic E-state index is 0.171. The van der Waals surface area contributed by atoms with Crippen LogP contribution in [0.2, 0.25) is 5.15 Å². The van der Waals surface area contributed by atoms with Gasteiger partial charge in [0.25, 0.3) is 0 Å². The number of nitrogens with zero attached hydrogens (tertiary/aromatic N) is 2. The lowest BCUT2D eigenvalue weighted by Gasteiger charge is -1.99. The predicted octanol–water partition coefficient (Wildman–Crippen LogP) is 1.50. The maximum atomic E-state index is 8.54. The van der Waals surface area contributed by atoms with Crippen molar-refractivity contribution in [3.63, 3.8) is 0 Å². The van der Waals surface area contributed by atoms with E-state index in [9.17, 15) is 0 Å². The lowest BCUT2D eigenvalue weighted by Crippen LogP contribution is -1.95. The van der Waals surface area contributed by atoms with Gasteiger partial charge in [-0.1, -0.05) is 11.6 Å². The van der Waals surface area contributed by atoms with E-state index in [1.54, 1.807) is 13.0 Å². The Morgan fingerprint density at radius 3 is 2.82 bits per heavy atom. The Morgan fingerprint density at radius 1 is 1.73 bits per heavy atom. The van der Waals surface area contributed by atoms with Gasteiger partial charge in [0.2, 0.25) is 0 Å². The fourth-order valence-corrected chi connectivity index (χ4v) is 1.05. The van der Waals surface area contributed by atoms with Crippen LogP contribution in [0.4, 0.5) is 5.69 Å². The molecule has 0 spiro atoms. The van der Waals surface area contributed by atoms with Gasteiger partial charge in [-0.2, -0.15) is 5.26 Å². The molecule has 1 aromatic rings. The number of halogens is 1. The first kappa shape index (κ1) is 7.83. The van der Waals surface area contributed by atoms with Gasteiger partial charge in [-0.3, -0.25) is 0 Å². The van der Waals surface area contributed by atoms with Gasteiger partial charge in [-0.15, -0.1) is 0 Å². The van der Waals surface area contributed by atoms with E-state index in [1.165, 1.54) is 0 Å². The zero-order valence-corrected chi connectivity index (χ0v) is 6.68. The van der Waals surface area contributed by atoms with Crippen LogP contribution < -0.4 is 5.73 Å². The van der Waals surface area contributed by atoms with E-state index < -0.39 is 0 Å². The Kier molecular flexibility index (Phi) is 1.97. The highest BCUT2D eigenvalue weighted by molar-refractivity contribution is 6.30. The molecule has 3 nitrogen and oxygen atoms in total. The van der Waals surface area contributed by atoms with E-state index in [4.69, 9.17) is 22.6 Å². The van der Waals surface area contributed by atoms with Crippen molar-refractivity contribution < 1.29 is 0 Å². The molecular formula is C7H6ClN3. The predicted molar refractivity (Wildman–Crippen MR) is 43.1 cm³/mol. The summed E-state index contributed by atoms with van der Waals surface area (Å²) >= 11 is 5.62. The highest BCUT2D eigenvalue weighted by atomic mass is 35.5. The van der Waals surface area contributed by atoms with Crippen molar-refractivity contribution in [1.29, 1.82) is 5.26 Å². The summed E-state index contributed by atoms with van der Waals surface area (Å²) in [6, 6.07) is 3.49. The lowest BCUT2D eigenvalue weighted by molar-refractivity contribution is 1.19. The van der Waals surface area contributed by atoms with E-state index in [0.717, 1.165) is 0 Å². The molecule has 56 valence electrons. The summed E-state index contributed by atoms with van der Waals surface area (Å²) in [5, 5.41) is 8.71. The number of nitrogen functional groups attached to an aromatic ring is 1. The zero-order chi connectivity index (χ0) is 8.43. The summed E-state index contributed by atoms with van der Waals surface area (Å²) < 4.78 is 0. The number of rotatable bonds is 0. The smallest absolute Gasteiger partial charge is 0.149 e. The Morgan fingerprint density at radius 2 is 2.36 bits per heavy atom. The molecule has 0 aliphatic rings. The fraction of sp³-hybridized carbons (Fsp3) is 0.143. The molecule has 11 heavy (non-hydrogen) atoms. The number of nitriles is 1. The van der Waals surface area contributed by atoms with Crippen molar-refractivity contribution >= 4 is 17.3 Å². The Hall–Kier alpha value is -1.27. The second-order valence-corrected chi connectivity index (χ2v) is 2.49. The molecule has 0 atom stereocenters. The third kappa shape index (κ3) is 1.41. The van der Waals surface area contributed by atoms with E-state index in [2.05, 4.69) is 4.98 Å². The second kappa shape index (κ2) is 2.77. The fourth-order valence-electron chi connectivity index (χ4n) is 0.770. The standard InChI is InChI=1S/C7H6ClN3/c1-4-2-6(10)5(3-9)7(8)11-4/h2H,1H3,(H2,10,11). The minimum Gasteiger partial charge on any atom is -0.398 e. The average Bonchev–Trinajstić information content (AvgIpc) is 1.85. The van der Waals surface area contributed by atoms with Gasteiger partial charge >= 0.3 is 0 Å². The molecule has 0 unspecified atom stereocenters. The quantitative estimate of drug-likeness (QED) is 0.596. The second-order valence-electron chi connectivity index (χ2n) is 2.13. The van der Waals surface area contributed by atoms with Crippen LogP contribution in [0, 0.1) is 18.3 Å². The van der Waals surface area contributed by atoms with Crippen LogP contribution in [0.25, 0.3) is 0 Å². The molecule has 0 aliphatic heterocycles. The molecule has 1 heterocycles. The number of aryl methyl sites for hydroxylation is 1. The van der Waals surface area contributed by atoms with E-state index in [1.807, 2.05) is 6.07 Å². The molecule has 0 aliphatic carbocycles. The first-order valence-electron chi connectivity index (χ1n) is 2.98.